The lowest BCUT2D eigenvalue weighted by Crippen LogP contribution is -2.44. The Labute approximate surface area is 148 Å². The fourth-order valence-electron chi connectivity index (χ4n) is 2.95. The molecule has 1 aliphatic heterocycles. The molecule has 1 fully saturated rings. The quantitative estimate of drug-likeness (QED) is 0.813. The summed E-state index contributed by atoms with van der Waals surface area (Å²) in [7, 11) is 1.68. The fourth-order valence-corrected chi connectivity index (χ4v) is 3.08. The van der Waals surface area contributed by atoms with Crippen LogP contribution in [-0.4, -0.2) is 54.8 Å². The Balaban J connectivity index is 2.04. The van der Waals surface area contributed by atoms with Crippen molar-refractivity contribution in [3.8, 4) is 0 Å². The van der Waals surface area contributed by atoms with Gasteiger partial charge in [-0.2, -0.15) is 0 Å². The van der Waals surface area contributed by atoms with E-state index in [4.69, 9.17) is 11.6 Å². The summed E-state index contributed by atoms with van der Waals surface area (Å²) < 4.78 is 0. The molecule has 0 aliphatic carbocycles. The molecule has 132 valence electrons. The Morgan fingerprint density at radius 3 is 2.42 bits per heavy atom. The monoisotopic (exact) mass is 352 g/mol. The summed E-state index contributed by atoms with van der Waals surface area (Å²) in [6.45, 7) is 5.80. The second kappa shape index (κ2) is 8.46. The molecule has 6 nitrogen and oxygen atoms in total. The first kappa shape index (κ1) is 18.7. The standard InChI is InChI=1S/C17H25ClN4O2/c1-4-22(5-2)15(23)11-21(3)17(24)14-10-19-20-16(14)12-6-8-13(18)9-7-12/h6-9,14,16,19-20H,4-5,10-11H2,1-3H3. The molecule has 0 aromatic heterocycles. The lowest BCUT2D eigenvalue weighted by atomic mass is 9.94. The molecule has 2 N–H and O–H groups in total. The first-order valence-electron chi connectivity index (χ1n) is 8.24. The van der Waals surface area contributed by atoms with Crippen molar-refractivity contribution in [2.24, 2.45) is 5.92 Å². The normalized spacial score (nSPS) is 20.0. The number of hydrazine groups is 1. The van der Waals surface area contributed by atoms with Crippen LogP contribution in [0.3, 0.4) is 0 Å². The third-order valence-corrected chi connectivity index (χ3v) is 4.65. The summed E-state index contributed by atoms with van der Waals surface area (Å²) in [6.07, 6.45) is 0. The van der Waals surface area contributed by atoms with Gasteiger partial charge < -0.3 is 9.80 Å². The third-order valence-electron chi connectivity index (χ3n) is 4.39. The van der Waals surface area contributed by atoms with Crippen molar-refractivity contribution in [3.05, 3.63) is 34.9 Å². The molecule has 0 saturated carbocycles. The minimum atomic E-state index is -0.263. The first-order chi connectivity index (χ1) is 11.5. The van der Waals surface area contributed by atoms with E-state index in [9.17, 15) is 9.59 Å². The van der Waals surface area contributed by atoms with Crippen LogP contribution in [0.25, 0.3) is 0 Å². The minimum Gasteiger partial charge on any atom is -0.342 e. The molecule has 0 bridgehead atoms. The zero-order valence-corrected chi connectivity index (χ0v) is 15.1. The average Bonchev–Trinajstić information content (AvgIpc) is 3.05. The predicted octanol–water partition coefficient (Wildman–Crippen LogP) is 1.43. The van der Waals surface area contributed by atoms with E-state index in [1.807, 2.05) is 38.1 Å². The second-order valence-electron chi connectivity index (χ2n) is 5.92. The maximum absolute atomic E-state index is 12.8. The van der Waals surface area contributed by atoms with Crippen molar-refractivity contribution in [2.75, 3.05) is 33.2 Å². The van der Waals surface area contributed by atoms with E-state index in [2.05, 4.69) is 10.9 Å². The van der Waals surface area contributed by atoms with Gasteiger partial charge in [0.15, 0.2) is 0 Å². The van der Waals surface area contributed by atoms with Gasteiger partial charge in [0.2, 0.25) is 11.8 Å². The van der Waals surface area contributed by atoms with Crippen LogP contribution in [0.1, 0.15) is 25.5 Å². The lowest BCUT2D eigenvalue weighted by Gasteiger charge is -2.26. The van der Waals surface area contributed by atoms with E-state index in [-0.39, 0.29) is 30.3 Å². The second-order valence-corrected chi connectivity index (χ2v) is 6.36. The van der Waals surface area contributed by atoms with Crippen molar-refractivity contribution in [2.45, 2.75) is 19.9 Å². The highest BCUT2D eigenvalue weighted by Crippen LogP contribution is 2.27. The van der Waals surface area contributed by atoms with Gasteiger partial charge in [-0.1, -0.05) is 23.7 Å². The van der Waals surface area contributed by atoms with Gasteiger partial charge in [-0.3, -0.25) is 15.0 Å². The number of benzene rings is 1. The molecule has 0 radical (unpaired) electrons. The van der Waals surface area contributed by atoms with E-state index >= 15 is 0 Å². The third kappa shape index (κ3) is 4.26. The van der Waals surface area contributed by atoms with Crippen LogP contribution in [0.5, 0.6) is 0 Å². The van der Waals surface area contributed by atoms with Crippen molar-refractivity contribution < 1.29 is 9.59 Å². The largest absolute Gasteiger partial charge is 0.342 e. The minimum absolute atomic E-state index is 0.0298. The Morgan fingerprint density at radius 2 is 1.83 bits per heavy atom. The van der Waals surface area contributed by atoms with Crippen LogP contribution in [0, 0.1) is 5.92 Å². The van der Waals surface area contributed by atoms with Crippen LogP contribution in [0.15, 0.2) is 24.3 Å². The van der Waals surface area contributed by atoms with E-state index in [1.54, 1.807) is 11.9 Å². The van der Waals surface area contributed by atoms with E-state index in [0.29, 0.717) is 24.7 Å². The molecule has 2 atom stereocenters. The summed E-state index contributed by atoms with van der Waals surface area (Å²) in [5.74, 6) is -0.341. The number of halogens is 1. The van der Waals surface area contributed by atoms with Crippen LogP contribution >= 0.6 is 11.6 Å². The first-order valence-corrected chi connectivity index (χ1v) is 8.62. The number of hydrogen-bond donors (Lipinski definition) is 2. The zero-order valence-electron chi connectivity index (χ0n) is 14.4. The number of carbonyl (C=O) groups excluding carboxylic acids is 2. The Kier molecular flexibility index (Phi) is 6.60. The summed E-state index contributed by atoms with van der Waals surface area (Å²) >= 11 is 5.93. The number of likely N-dealkylation sites (N-methyl/N-ethyl adjacent to an activating group) is 2. The van der Waals surface area contributed by atoms with Crippen molar-refractivity contribution >= 4 is 23.4 Å². The van der Waals surface area contributed by atoms with Gasteiger partial charge in [0.1, 0.15) is 0 Å². The average molecular weight is 353 g/mol. The highest BCUT2D eigenvalue weighted by atomic mass is 35.5. The molecule has 24 heavy (non-hydrogen) atoms. The number of hydrogen-bond acceptors (Lipinski definition) is 4. The van der Waals surface area contributed by atoms with Gasteiger partial charge >= 0.3 is 0 Å². The number of carbonyl (C=O) groups is 2. The zero-order chi connectivity index (χ0) is 17.7. The van der Waals surface area contributed by atoms with Crippen LogP contribution in [0.2, 0.25) is 5.02 Å². The molecule has 1 aromatic carbocycles. The molecule has 1 heterocycles. The molecular formula is C17H25ClN4O2. The van der Waals surface area contributed by atoms with Gasteiger partial charge in [0.25, 0.3) is 0 Å². The van der Waals surface area contributed by atoms with Gasteiger partial charge in [0, 0.05) is 31.7 Å². The molecule has 2 unspecified atom stereocenters. The summed E-state index contributed by atoms with van der Waals surface area (Å²) in [5, 5.41) is 0.662. The van der Waals surface area contributed by atoms with Crippen molar-refractivity contribution in [1.82, 2.24) is 20.7 Å². The topological polar surface area (TPSA) is 64.7 Å². The van der Waals surface area contributed by atoms with Crippen LogP contribution < -0.4 is 10.9 Å². The Bertz CT molecular complexity index is 574. The van der Waals surface area contributed by atoms with E-state index in [1.165, 1.54) is 4.90 Å². The highest BCUT2D eigenvalue weighted by Gasteiger charge is 2.36. The van der Waals surface area contributed by atoms with Crippen LogP contribution in [0.4, 0.5) is 0 Å². The summed E-state index contributed by atoms with van der Waals surface area (Å²) in [5.41, 5.74) is 7.18. The Morgan fingerprint density at radius 1 is 1.21 bits per heavy atom. The van der Waals surface area contributed by atoms with Gasteiger partial charge in [0.05, 0.1) is 18.5 Å². The number of amides is 2. The summed E-state index contributed by atoms with van der Waals surface area (Å²) in [4.78, 5) is 28.2. The Hall–Kier alpha value is -1.63. The predicted molar refractivity (Wildman–Crippen MR) is 94.4 cm³/mol. The van der Waals surface area contributed by atoms with E-state index < -0.39 is 0 Å². The maximum atomic E-state index is 12.8. The maximum Gasteiger partial charge on any atom is 0.242 e. The molecule has 2 amide bonds. The SMILES string of the molecule is CCN(CC)C(=O)CN(C)C(=O)C1CNNC1c1ccc(Cl)cc1. The fraction of sp³-hybridized carbons (Fsp3) is 0.529. The lowest BCUT2D eigenvalue weighted by molar-refractivity contribution is -0.141. The van der Waals surface area contributed by atoms with Crippen molar-refractivity contribution in [1.29, 1.82) is 0 Å². The highest BCUT2D eigenvalue weighted by molar-refractivity contribution is 6.30. The molecule has 1 aromatic rings. The number of nitrogens with zero attached hydrogens (tertiary/aromatic N) is 2. The van der Waals surface area contributed by atoms with Gasteiger partial charge in [-0.05, 0) is 31.5 Å². The number of nitrogens with one attached hydrogen (secondary N) is 2. The molecule has 1 aliphatic rings. The molecule has 1 saturated heterocycles. The van der Waals surface area contributed by atoms with Crippen LogP contribution in [-0.2, 0) is 9.59 Å². The summed E-state index contributed by atoms with van der Waals surface area (Å²) in [6, 6.07) is 7.31. The smallest absolute Gasteiger partial charge is 0.242 e. The van der Waals surface area contributed by atoms with Crippen molar-refractivity contribution in [3.63, 3.8) is 0 Å². The molecular weight excluding hydrogens is 328 g/mol. The van der Waals surface area contributed by atoms with E-state index in [0.717, 1.165) is 5.56 Å². The molecule has 0 spiro atoms. The molecule has 2 rings (SSSR count). The van der Waals surface area contributed by atoms with Gasteiger partial charge in [-0.15, -0.1) is 0 Å². The van der Waals surface area contributed by atoms with Gasteiger partial charge in [-0.25, -0.2) is 5.43 Å². The molecule has 7 heteroatoms. The number of rotatable bonds is 6.